The molecule has 0 aliphatic heterocycles. The van der Waals surface area contributed by atoms with E-state index in [4.69, 9.17) is 14.1 Å². The number of rotatable bonds is 3. The maximum atomic E-state index is 11.4. The van der Waals surface area contributed by atoms with Crippen LogP contribution in [-0.2, 0) is 16.7 Å². The second-order valence-corrected chi connectivity index (χ2v) is 9.65. The van der Waals surface area contributed by atoms with Crippen LogP contribution in [0.15, 0.2) is 23.8 Å². The molecule has 2 N–H and O–H groups in total. The zero-order valence-electron chi connectivity index (χ0n) is 16.3. The fourth-order valence-electron chi connectivity index (χ4n) is 6.25. The van der Waals surface area contributed by atoms with E-state index in [1.165, 1.54) is 43.9 Å². The Labute approximate surface area is 162 Å². The molecule has 3 aliphatic carbocycles. The Morgan fingerprint density at radius 1 is 1.19 bits per heavy atom. The van der Waals surface area contributed by atoms with E-state index in [0.717, 1.165) is 18.8 Å². The van der Waals surface area contributed by atoms with E-state index in [-0.39, 0.29) is 5.75 Å². The number of fused-ring (bicyclic) bond motifs is 5. The van der Waals surface area contributed by atoms with Crippen LogP contribution in [0.2, 0.25) is 0 Å². The number of hydrogen-bond donors (Lipinski definition) is 1. The zero-order valence-corrected chi connectivity index (χ0v) is 17.1. The summed E-state index contributed by atoms with van der Waals surface area (Å²) in [4.78, 5) is 0. The summed E-state index contributed by atoms with van der Waals surface area (Å²) in [6, 6.07) is 3.80. The Bertz CT molecular complexity index is 892. The second-order valence-electron chi connectivity index (χ2n) is 8.50. The van der Waals surface area contributed by atoms with Gasteiger partial charge in [0.2, 0.25) is 0 Å². The van der Waals surface area contributed by atoms with Crippen LogP contribution in [0, 0.1) is 17.3 Å². The Hall–Kier alpha value is -1.53. The van der Waals surface area contributed by atoms with E-state index >= 15 is 0 Å². The molecule has 1 aromatic rings. The molecule has 4 rings (SSSR count). The lowest BCUT2D eigenvalue weighted by Crippen LogP contribution is -2.40. The Balaban J connectivity index is 1.71. The molecule has 148 valence electrons. The van der Waals surface area contributed by atoms with Crippen LogP contribution in [0.4, 0.5) is 0 Å². The molecule has 1 aromatic carbocycles. The van der Waals surface area contributed by atoms with E-state index in [1.54, 1.807) is 5.57 Å². The summed E-state index contributed by atoms with van der Waals surface area (Å²) >= 11 is 0. The maximum Gasteiger partial charge on any atom is 0.380 e. The molecule has 0 amide bonds. The van der Waals surface area contributed by atoms with Crippen molar-refractivity contribution < 1.29 is 17.3 Å². The lowest BCUT2D eigenvalue weighted by Gasteiger charge is -2.49. The summed E-state index contributed by atoms with van der Waals surface area (Å²) in [7, 11) is -2.54. The summed E-state index contributed by atoms with van der Waals surface area (Å²) in [6.45, 7) is 4.65. The van der Waals surface area contributed by atoms with Crippen LogP contribution in [0.25, 0.3) is 0 Å². The molecule has 0 spiro atoms. The maximum absolute atomic E-state index is 11.4. The van der Waals surface area contributed by atoms with Gasteiger partial charge in [-0.1, -0.05) is 18.6 Å². The predicted molar refractivity (Wildman–Crippen MR) is 105 cm³/mol. The quantitative estimate of drug-likeness (QED) is 0.788. The highest BCUT2D eigenvalue weighted by atomic mass is 32.2. The van der Waals surface area contributed by atoms with Gasteiger partial charge in [0.05, 0.1) is 7.11 Å². The molecule has 6 heteroatoms. The smallest absolute Gasteiger partial charge is 0.380 e. The molecule has 0 saturated heterocycles. The molecule has 2 fully saturated rings. The highest BCUT2D eigenvalue weighted by molar-refractivity contribution is 7.84. The molecule has 27 heavy (non-hydrogen) atoms. The van der Waals surface area contributed by atoms with Gasteiger partial charge >= 0.3 is 10.3 Å². The summed E-state index contributed by atoms with van der Waals surface area (Å²) in [6.07, 6.45) is 9.34. The molecule has 4 atom stereocenters. The molecule has 2 saturated carbocycles. The average Bonchev–Trinajstić information content (AvgIpc) is 2.95. The summed E-state index contributed by atoms with van der Waals surface area (Å²) in [5.74, 6) is 2.57. The monoisotopic (exact) mass is 391 g/mol. The third-order valence-corrected chi connectivity index (χ3v) is 7.82. The minimum atomic E-state index is -4.07. The Kier molecular flexibility index (Phi) is 4.54. The fraction of sp³-hybridized carbons (Fsp3) is 0.619. The summed E-state index contributed by atoms with van der Waals surface area (Å²) in [5.41, 5.74) is 4.48. The van der Waals surface area contributed by atoms with Crippen molar-refractivity contribution in [1.82, 2.24) is 0 Å². The largest absolute Gasteiger partial charge is 0.493 e. The minimum Gasteiger partial charge on any atom is -0.493 e. The predicted octanol–water partition coefficient (Wildman–Crippen LogP) is 4.08. The van der Waals surface area contributed by atoms with Gasteiger partial charge in [0.15, 0.2) is 11.5 Å². The molecular formula is C21H29NO4S. The zero-order chi connectivity index (χ0) is 19.4. The average molecular weight is 392 g/mol. The third-order valence-electron chi connectivity index (χ3n) is 7.41. The van der Waals surface area contributed by atoms with Gasteiger partial charge in [0, 0.05) is 0 Å². The van der Waals surface area contributed by atoms with Crippen molar-refractivity contribution in [1.29, 1.82) is 0 Å². The van der Waals surface area contributed by atoms with Gasteiger partial charge in [-0.05, 0) is 91.9 Å². The van der Waals surface area contributed by atoms with Crippen molar-refractivity contribution in [3.8, 4) is 11.5 Å². The van der Waals surface area contributed by atoms with Crippen LogP contribution >= 0.6 is 0 Å². The van der Waals surface area contributed by atoms with Gasteiger partial charge in [-0.2, -0.15) is 13.6 Å². The standard InChI is InChI=1S/C21H29NO4S/c1-4-14-6-8-18-16-7-5-13-11-20(26-27(22,23)24)19(25-3)12-17(13)15(16)9-10-21(14,18)2/h4,11-12,15-16,18H,5-10H2,1-3H3,(H2,22,23,24)/b14-4+/t15?,16?,18?,21-/m1/s1. The van der Waals surface area contributed by atoms with Gasteiger partial charge in [-0.3, -0.25) is 0 Å². The van der Waals surface area contributed by atoms with E-state index in [9.17, 15) is 8.42 Å². The first-order valence-corrected chi connectivity index (χ1v) is 11.3. The molecule has 0 heterocycles. The van der Waals surface area contributed by atoms with Crippen LogP contribution in [0.5, 0.6) is 11.5 Å². The van der Waals surface area contributed by atoms with Crippen molar-refractivity contribution in [2.45, 2.75) is 58.3 Å². The topological polar surface area (TPSA) is 78.6 Å². The van der Waals surface area contributed by atoms with E-state index in [2.05, 4.69) is 19.9 Å². The van der Waals surface area contributed by atoms with E-state index in [0.29, 0.717) is 23.0 Å². The first-order chi connectivity index (χ1) is 12.8. The normalized spacial score (nSPS) is 33.9. The number of hydrogen-bond acceptors (Lipinski definition) is 4. The number of methoxy groups -OCH3 is 1. The third kappa shape index (κ3) is 3.07. The summed E-state index contributed by atoms with van der Waals surface area (Å²) < 4.78 is 33.1. The van der Waals surface area contributed by atoms with E-state index < -0.39 is 10.3 Å². The molecule has 5 nitrogen and oxygen atoms in total. The fourth-order valence-corrected chi connectivity index (χ4v) is 6.63. The first-order valence-electron chi connectivity index (χ1n) is 9.85. The van der Waals surface area contributed by atoms with Crippen LogP contribution < -0.4 is 14.1 Å². The van der Waals surface area contributed by atoms with Crippen molar-refractivity contribution in [2.24, 2.45) is 22.4 Å². The molecule has 0 bridgehead atoms. The van der Waals surface area contributed by atoms with Crippen molar-refractivity contribution >= 4 is 10.3 Å². The second kappa shape index (κ2) is 6.52. The SMILES string of the molecule is C/C=C1\CCC2C3CCc4cc(OS(N)(=O)=O)c(OC)cc4C3CC[C@]12C. The lowest BCUT2D eigenvalue weighted by molar-refractivity contribution is 0.0812. The van der Waals surface area contributed by atoms with Gasteiger partial charge in [-0.25, -0.2) is 0 Å². The molecule has 3 aliphatic rings. The highest BCUT2D eigenvalue weighted by Gasteiger charge is 2.52. The number of benzene rings is 1. The van der Waals surface area contributed by atoms with Gasteiger partial charge in [0.1, 0.15) is 0 Å². The van der Waals surface area contributed by atoms with Crippen molar-refractivity contribution in [3.63, 3.8) is 0 Å². The lowest BCUT2D eigenvalue weighted by atomic mass is 9.55. The van der Waals surface area contributed by atoms with Crippen molar-refractivity contribution in [3.05, 3.63) is 34.9 Å². The number of allylic oxidation sites excluding steroid dienone is 2. The molecule has 0 aromatic heterocycles. The number of nitrogens with two attached hydrogens (primary N) is 1. The number of aryl methyl sites for hydroxylation is 1. The Morgan fingerprint density at radius 2 is 1.96 bits per heavy atom. The molecular weight excluding hydrogens is 362 g/mol. The van der Waals surface area contributed by atoms with Crippen molar-refractivity contribution in [2.75, 3.05) is 7.11 Å². The Morgan fingerprint density at radius 3 is 2.63 bits per heavy atom. The van der Waals surface area contributed by atoms with E-state index in [1.807, 2.05) is 12.1 Å². The van der Waals surface area contributed by atoms with Crippen LogP contribution in [0.1, 0.15) is 63.0 Å². The van der Waals surface area contributed by atoms with Gasteiger partial charge < -0.3 is 8.92 Å². The van der Waals surface area contributed by atoms with Crippen LogP contribution in [-0.4, -0.2) is 15.5 Å². The molecule has 3 unspecified atom stereocenters. The first kappa shape index (κ1) is 18.8. The summed E-state index contributed by atoms with van der Waals surface area (Å²) in [5, 5.41) is 5.06. The number of ether oxygens (including phenoxy) is 1. The van der Waals surface area contributed by atoms with Gasteiger partial charge in [-0.15, -0.1) is 0 Å². The highest BCUT2D eigenvalue weighted by Crippen LogP contribution is 2.63. The molecule has 0 radical (unpaired) electrons. The van der Waals surface area contributed by atoms with Gasteiger partial charge in [0.25, 0.3) is 0 Å². The minimum absolute atomic E-state index is 0.190. The van der Waals surface area contributed by atoms with Crippen LogP contribution in [0.3, 0.4) is 0 Å².